The first-order valence-corrected chi connectivity index (χ1v) is 3.54. The molecular formula is C7H16N2O. The molecule has 0 heterocycles. The van der Waals surface area contributed by atoms with Crippen LogP contribution in [0.3, 0.4) is 0 Å². The highest BCUT2D eigenvalue weighted by Gasteiger charge is 2.06. The van der Waals surface area contributed by atoms with Crippen molar-refractivity contribution in [2.75, 3.05) is 20.1 Å². The molecule has 0 aromatic heterocycles. The third-order valence-electron chi connectivity index (χ3n) is 1.40. The maximum atomic E-state index is 10.6. The standard InChI is InChI=1S/C7H16N2O/c1-6(10)3-7(4-8)5-9-2/h7,9H,3-5,8H2,1-2H3. The van der Waals surface area contributed by atoms with Gasteiger partial charge in [0.2, 0.25) is 0 Å². The summed E-state index contributed by atoms with van der Waals surface area (Å²) < 4.78 is 0. The van der Waals surface area contributed by atoms with Crippen molar-refractivity contribution in [1.29, 1.82) is 0 Å². The highest BCUT2D eigenvalue weighted by atomic mass is 16.1. The summed E-state index contributed by atoms with van der Waals surface area (Å²) in [5.74, 6) is 0.521. The summed E-state index contributed by atoms with van der Waals surface area (Å²) in [6.07, 6.45) is 0.595. The zero-order chi connectivity index (χ0) is 7.98. The number of carbonyl (C=O) groups is 1. The zero-order valence-electron chi connectivity index (χ0n) is 6.68. The van der Waals surface area contributed by atoms with Crippen LogP contribution < -0.4 is 11.1 Å². The molecule has 0 radical (unpaired) electrons. The Labute approximate surface area is 62.0 Å². The molecule has 1 atom stereocenters. The summed E-state index contributed by atoms with van der Waals surface area (Å²) >= 11 is 0. The molecule has 10 heavy (non-hydrogen) atoms. The molecule has 0 aliphatic rings. The van der Waals surface area contributed by atoms with Crippen LogP contribution in [0.1, 0.15) is 13.3 Å². The van der Waals surface area contributed by atoms with Gasteiger partial charge in [0, 0.05) is 6.42 Å². The topological polar surface area (TPSA) is 55.1 Å². The van der Waals surface area contributed by atoms with E-state index < -0.39 is 0 Å². The molecule has 0 aliphatic heterocycles. The Morgan fingerprint density at radius 2 is 2.30 bits per heavy atom. The highest BCUT2D eigenvalue weighted by molar-refractivity contribution is 5.75. The minimum absolute atomic E-state index is 0.214. The molecule has 0 bridgehead atoms. The summed E-state index contributed by atoms with van der Waals surface area (Å²) in [5.41, 5.74) is 5.41. The largest absolute Gasteiger partial charge is 0.330 e. The van der Waals surface area contributed by atoms with Crippen molar-refractivity contribution in [3.05, 3.63) is 0 Å². The van der Waals surface area contributed by atoms with E-state index in [1.807, 2.05) is 7.05 Å². The first kappa shape index (κ1) is 9.59. The second kappa shape index (κ2) is 5.38. The van der Waals surface area contributed by atoms with Crippen LogP contribution in [0.25, 0.3) is 0 Å². The maximum Gasteiger partial charge on any atom is 0.130 e. The lowest BCUT2D eigenvalue weighted by Gasteiger charge is -2.10. The van der Waals surface area contributed by atoms with E-state index in [1.165, 1.54) is 0 Å². The van der Waals surface area contributed by atoms with E-state index in [-0.39, 0.29) is 5.78 Å². The predicted molar refractivity (Wildman–Crippen MR) is 41.8 cm³/mol. The van der Waals surface area contributed by atoms with E-state index in [4.69, 9.17) is 5.73 Å². The molecule has 0 saturated heterocycles. The monoisotopic (exact) mass is 144 g/mol. The highest BCUT2D eigenvalue weighted by Crippen LogP contribution is 1.98. The van der Waals surface area contributed by atoms with Gasteiger partial charge in [0.1, 0.15) is 5.78 Å². The van der Waals surface area contributed by atoms with Crippen LogP contribution in [0.15, 0.2) is 0 Å². The summed E-state index contributed by atoms with van der Waals surface area (Å²) in [4.78, 5) is 10.6. The van der Waals surface area contributed by atoms with E-state index in [1.54, 1.807) is 6.92 Å². The van der Waals surface area contributed by atoms with Crippen LogP contribution in [0, 0.1) is 5.92 Å². The van der Waals surface area contributed by atoms with Gasteiger partial charge in [-0.25, -0.2) is 0 Å². The van der Waals surface area contributed by atoms with Crippen LogP contribution in [0.2, 0.25) is 0 Å². The van der Waals surface area contributed by atoms with Crippen molar-refractivity contribution in [1.82, 2.24) is 5.32 Å². The van der Waals surface area contributed by atoms with Gasteiger partial charge in [-0.1, -0.05) is 0 Å². The lowest BCUT2D eigenvalue weighted by molar-refractivity contribution is -0.117. The average molecular weight is 144 g/mol. The average Bonchev–Trinajstić information content (AvgIpc) is 1.86. The van der Waals surface area contributed by atoms with Gasteiger partial charge in [0.25, 0.3) is 0 Å². The minimum Gasteiger partial charge on any atom is -0.330 e. The molecule has 0 fully saturated rings. The third kappa shape index (κ3) is 4.47. The van der Waals surface area contributed by atoms with Crippen molar-refractivity contribution in [3.63, 3.8) is 0 Å². The molecule has 0 aromatic rings. The predicted octanol–water partition coefficient (Wildman–Crippen LogP) is -0.240. The first-order valence-electron chi connectivity index (χ1n) is 3.54. The minimum atomic E-state index is 0.214. The van der Waals surface area contributed by atoms with Gasteiger partial charge in [0.05, 0.1) is 0 Å². The van der Waals surface area contributed by atoms with Crippen molar-refractivity contribution in [2.24, 2.45) is 11.7 Å². The number of nitrogens with two attached hydrogens (primary N) is 1. The van der Waals surface area contributed by atoms with Crippen molar-refractivity contribution in [2.45, 2.75) is 13.3 Å². The summed E-state index contributed by atoms with van der Waals surface area (Å²) in [6.45, 7) is 3.01. The molecule has 60 valence electrons. The number of ketones is 1. The fourth-order valence-corrected chi connectivity index (χ4v) is 0.934. The van der Waals surface area contributed by atoms with E-state index in [9.17, 15) is 4.79 Å². The smallest absolute Gasteiger partial charge is 0.130 e. The fourth-order valence-electron chi connectivity index (χ4n) is 0.934. The van der Waals surface area contributed by atoms with Crippen molar-refractivity contribution >= 4 is 5.78 Å². The Morgan fingerprint density at radius 3 is 2.60 bits per heavy atom. The van der Waals surface area contributed by atoms with Gasteiger partial charge in [0.15, 0.2) is 0 Å². The molecule has 3 heteroatoms. The summed E-state index contributed by atoms with van der Waals surface area (Å²) in [6, 6.07) is 0. The van der Waals surface area contributed by atoms with Crippen LogP contribution in [0.4, 0.5) is 0 Å². The van der Waals surface area contributed by atoms with Crippen LogP contribution >= 0.6 is 0 Å². The van der Waals surface area contributed by atoms with Crippen molar-refractivity contribution < 1.29 is 4.79 Å². The van der Waals surface area contributed by atoms with Gasteiger partial charge in [-0.15, -0.1) is 0 Å². The molecule has 0 aromatic carbocycles. The number of Topliss-reactive ketones (excluding diaryl/α,β-unsaturated/α-hetero) is 1. The van der Waals surface area contributed by atoms with E-state index in [0.717, 1.165) is 6.54 Å². The van der Waals surface area contributed by atoms with E-state index >= 15 is 0 Å². The Kier molecular flexibility index (Phi) is 5.16. The molecule has 0 rings (SSSR count). The third-order valence-corrected chi connectivity index (χ3v) is 1.40. The number of nitrogens with one attached hydrogen (secondary N) is 1. The first-order chi connectivity index (χ1) is 4.70. The van der Waals surface area contributed by atoms with Gasteiger partial charge >= 0.3 is 0 Å². The van der Waals surface area contributed by atoms with Crippen molar-refractivity contribution in [3.8, 4) is 0 Å². The number of rotatable bonds is 5. The summed E-state index contributed by atoms with van der Waals surface area (Å²) in [5, 5.41) is 2.99. The Balaban J connectivity index is 3.49. The van der Waals surface area contributed by atoms with Gasteiger partial charge < -0.3 is 15.8 Å². The van der Waals surface area contributed by atoms with E-state index in [0.29, 0.717) is 18.9 Å². The Hall–Kier alpha value is -0.410. The van der Waals surface area contributed by atoms with Crippen LogP contribution in [0.5, 0.6) is 0 Å². The molecule has 0 spiro atoms. The second-order valence-corrected chi connectivity index (χ2v) is 2.57. The van der Waals surface area contributed by atoms with Gasteiger partial charge in [-0.05, 0) is 33.0 Å². The molecule has 3 nitrogen and oxygen atoms in total. The Morgan fingerprint density at radius 1 is 1.70 bits per heavy atom. The SMILES string of the molecule is CNCC(CN)CC(C)=O. The molecule has 0 amide bonds. The van der Waals surface area contributed by atoms with Gasteiger partial charge in [-0.3, -0.25) is 0 Å². The maximum absolute atomic E-state index is 10.6. The fraction of sp³-hybridized carbons (Fsp3) is 0.857. The lowest BCUT2D eigenvalue weighted by Crippen LogP contribution is -2.27. The molecule has 0 saturated carbocycles. The number of carbonyl (C=O) groups excluding carboxylic acids is 1. The number of hydrogen-bond donors (Lipinski definition) is 2. The summed E-state index contributed by atoms with van der Waals surface area (Å²) in [7, 11) is 1.86. The molecule has 1 unspecified atom stereocenters. The van der Waals surface area contributed by atoms with Crippen LogP contribution in [-0.4, -0.2) is 25.9 Å². The molecule has 3 N–H and O–H groups in total. The number of hydrogen-bond acceptors (Lipinski definition) is 3. The lowest BCUT2D eigenvalue weighted by atomic mass is 10.0. The van der Waals surface area contributed by atoms with Crippen LogP contribution in [-0.2, 0) is 4.79 Å². The quantitative estimate of drug-likeness (QED) is 0.560. The normalized spacial score (nSPS) is 13.1. The van der Waals surface area contributed by atoms with Gasteiger partial charge in [-0.2, -0.15) is 0 Å². The van der Waals surface area contributed by atoms with E-state index in [2.05, 4.69) is 5.32 Å². The second-order valence-electron chi connectivity index (χ2n) is 2.57. The zero-order valence-corrected chi connectivity index (χ0v) is 6.68. The molecule has 0 aliphatic carbocycles. The Bertz CT molecular complexity index is 104. The molecular weight excluding hydrogens is 128 g/mol.